The first-order valence-electron chi connectivity index (χ1n) is 5.51. The molecular formula is C12H20N2O2. The SMILES string of the molecule is CC1=C(N)C(CC(C)C)C(C(=O)O)=C(C)N1. The number of allylic oxidation sites excluding steroid dienone is 3. The lowest BCUT2D eigenvalue weighted by molar-refractivity contribution is -0.133. The smallest absolute Gasteiger partial charge is 0.334 e. The van der Waals surface area contributed by atoms with Crippen LogP contribution in [0.1, 0.15) is 34.1 Å². The van der Waals surface area contributed by atoms with Crippen LogP contribution in [-0.4, -0.2) is 11.1 Å². The second kappa shape index (κ2) is 4.60. The van der Waals surface area contributed by atoms with Gasteiger partial charge in [0.15, 0.2) is 0 Å². The lowest BCUT2D eigenvalue weighted by Crippen LogP contribution is -2.33. The van der Waals surface area contributed by atoms with Crippen molar-refractivity contribution in [3.05, 3.63) is 22.7 Å². The van der Waals surface area contributed by atoms with Gasteiger partial charge in [0.1, 0.15) is 0 Å². The van der Waals surface area contributed by atoms with Gasteiger partial charge in [-0.15, -0.1) is 0 Å². The Morgan fingerprint density at radius 1 is 1.44 bits per heavy atom. The van der Waals surface area contributed by atoms with Crippen molar-refractivity contribution in [2.24, 2.45) is 17.6 Å². The van der Waals surface area contributed by atoms with Gasteiger partial charge in [0.05, 0.1) is 5.57 Å². The molecule has 1 rings (SSSR count). The van der Waals surface area contributed by atoms with Crippen LogP contribution in [-0.2, 0) is 4.79 Å². The van der Waals surface area contributed by atoms with Crippen molar-refractivity contribution < 1.29 is 9.90 Å². The molecule has 1 aliphatic heterocycles. The van der Waals surface area contributed by atoms with Crippen LogP contribution in [0.15, 0.2) is 22.7 Å². The molecule has 1 heterocycles. The minimum atomic E-state index is -0.883. The number of aliphatic carboxylic acids is 1. The Morgan fingerprint density at radius 2 is 2.00 bits per heavy atom. The van der Waals surface area contributed by atoms with E-state index in [1.54, 1.807) is 6.92 Å². The fraction of sp³-hybridized carbons (Fsp3) is 0.583. The number of nitrogens with one attached hydrogen (secondary N) is 1. The molecule has 0 aliphatic carbocycles. The zero-order valence-electron chi connectivity index (χ0n) is 10.3. The molecule has 0 radical (unpaired) electrons. The standard InChI is InChI=1S/C12H20N2O2/c1-6(2)5-9-10(12(15)16)7(3)14-8(4)11(9)13/h6,9,14H,5,13H2,1-4H3,(H,15,16). The van der Waals surface area contributed by atoms with Gasteiger partial charge in [-0.2, -0.15) is 0 Å². The van der Waals surface area contributed by atoms with Gasteiger partial charge in [0.2, 0.25) is 0 Å². The third kappa shape index (κ3) is 2.38. The Morgan fingerprint density at radius 3 is 2.44 bits per heavy atom. The van der Waals surface area contributed by atoms with Gasteiger partial charge in [-0.25, -0.2) is 4.79 Å². The summed E-state index contributed by atoms with van der Waals surface area (Å²) in [5.74, 6) is -0.638. The van der Waals surface area contributed by atoms with Gasteiger partial charge in [-0.3, -0.25) is 0 Å². The Labute approximate surface area is 96.2 Å². The van der Waals surface area contributed by atoms with Crippen molar-refractivity contribution in [3.8, 4) is 0 Å². The molecule has 0 amide bonds. The van der Waals surface area contributed by atoms with E-state index in [1.165, 1.54) is 0 Å². The molecule has 4 nitrogen and oxygen atoms in total. The molecule has 0 spiro atoms. The molecule has 0 aromatic heterocycles. The topological polar surface area (TPSA) is 75.4 Å². The molecule has 4 heteroatoms. The number of carboxylic acids is 1. The van der Waals surface area contributed by atoms with Crippen molar-refractivity contribution >= 4 is 5.97 Å². The second-order valence-electron chi connectivity index (χ2n) is 4.73. The van der Waals surface area contributed by atoms with E-state index in [-0.39, 0.29) is 5.92 Å². The van der Waals surface area contributed by atoms with Crippen LogP contribution in [0.3, 0.4) is 0 Å². The van der Waals surface area contributed by atoms with Gasteiger partial charge in [0, 0.05) is 23.0 Å². The molecule has 1 aliphatic rings. The van der Waals surface area contributed by atoms with E-state index in [1.807, 2.05) is 6.92 Å². The zero-order valence-corrected chi connectivity index (χ0v) is 10.3. The fourth-order valence-electron chi connectivity index (χ4n) is 2.12. The van der Waals surface area contributed by atoms with Crippen LogP contribution < -0.4 is 11.1 Å². The van der Waals surface area contributed by atoms with Gasteiger partial charge in [-0.1, -0.05) is 13.8 Å². The van der Waals surface area contributed by atoms with Crippen LogP contribution in [0.25, 0.3) is 0 Å². The van der Waals surface area contributed by atoms with Crippen molar-refractivity contribution in [1.29, 1.82) is 0 Å². The molecule has 0 aromatic rings. The van der Waals surface area contributed by atoms with Gasteiger partial charge in [-0.05, 0) is 26.2 Å². The number of rotatable bonds is 3. The summed E-state index contributed by atoms with van der Waals surface area (Å²) < 4.78 is 0. The molecule has 4 N–H and O–H groups in total. The maximum absolute atomic E-state index is 11.2. The van der Waals surface area contributed by atoms with Crippen LogP contribution in [0.4, 0.5) is 0 Å². The predicted octanol–water partition coefficient (Wildman–Crippen LogP) is 1.80. The largest absolute Gasteiger partial charge is 0.478 e. The number of carboxylic acid groups (broad SMARTS) is 1. The third-order valence-corrected chi connectivity index (χ3v) is 2.87. The Bertz CT molecular complexity index is 367. The summed E-state index contributed by atoms with van der Waals surface area (Å²) in [6, 6.07) is 0. The average molecular weight is 224 g/mol. The highest BCUT2D eigenvalue weighted by atomic mass is 16.4. The van der Waals surface area contributed by atoms with Crippen LogP contribution in [0.2, 0.25) is 0 Å². The van der Waals surface area contributed by atoms with E-state index in [9.17, 15) is 9.90 Å². The van der Waals surface area contributed by atoms with Gasteiger partial charge in [0.25, 0.3) is 0 Å². The summed E-state index contributed by atoms with van der Waals surface area (Å²) in [6.07, 6.45) is 0.768. The highest BCUT2D eigenvalue weighted by Crippen LogP contribution is 2.31. The van der Waals surface area contributed by atoms with E-state index in [2.05, 4.69) is 19.2 Å². The minimum absolute atomic E-state index is 0.168. The maximum atomic E-state index is 11.2. The first-order valence-corrected chi connectivity index (χ1v) is 5.51. The minimum Gasteiger partial charge on any atom is -0.478 e. The van der Waals surface area contributed by atoms with Crippen molar-refractivity contribution in [1.82, 2.24) is 5.32 Å². The fourth-order valence-corrected chi connectivity index (χ4v) is 2.12. The van der Waals surface area contributed by atoms with E-state index >= 15 is 0 Å². The number of hydrogen-bond donors (Lipinski definition) is 3. The van der Waals surface area contributed by atoms with E-state index in [0.29, 0.717) is 22.9 Å². The van der Waals surface area contributed by atoms with Crippen molar-refractivity contribution in [3.63, 3.8) is 0 Å². The molecule has 16 heavy (non-hydrogen) atoms. The predicted molar refractivity (Wildman–Crippen MR) is 63.3 cm³/mol. The summed E-state index contributed by atoms with van der Waals surface area (Å²) in [7, 11) is 0. The van der Waals surface area contributed by atoms with Gasteiger partial charge < -0.3 is 16.2 Å². The molecule has 0 saturated carbocycles. The zero-order chi connectivity index (χ0) is 12.5. The first-order chi connectivity index (χ1) is 7.34. The molecular weight excluding hydrogens is 204 g/mol. The molecule has 0 saturated heterocycles. The Balaban J connectivity index is 3.12. The lowest BCUT2D eigenvalue weighted by Gasteiger charge is -2.29. The number of dihydropyridines is 1. The van der Waals surface area contributed by atoms with Crippen LogP contribution in [0.5, 0.6) is 0 Å². The molecule has 1 atom stereocenters. The van der Waals surface area contributed by atoms with Crippen molar-refractivity contribution in [2.75, 3.05) is 0 Å². The average Bonchev–Trinajstić information content (AvgIpc) is 2.12. The summed E-state index contributed by atoms with van der Waals surface area (Å²) in [6.45, 7) is 7.80. The molecule has 0 fully saturated rings. The Kier molecular flexibility index (Phi) is 3.62. The van der Waals surface area contributed by atoms with Gasteiger partial charge >= 0.3 is 5.97 Å². The quantitative estimate of drug-likeness (QED) is 0.683. The van der Waals surface area contributed by atoms with Crippen molar-refractivity contribution in [2.45, 2.75) is 34.1 Å². The number of hydrogen-bond acceptors (Lipinski definition) is 3. The highest BCUT2D eigenvalue weighted by Gasteiger charge is 2.30. The van der Waals surface area contributed by atoms with E-state index in [0.717, 1.165) is 12.1 Å². The molecule has 0 bridgehead atoms. The highest BCUT2D eigenvalue weighted by molar-refractivity contribution is 5.89. The number of nitrogens with two attached hydrogens (primary N) is 1. The monoisotopic (exact) mass is 224 g/mol. The second-order valence-corrected chi connectivity index (χ2v) is 4.73. The molecule has 1 unspecified atom stereocenters. The van der Waals surface area contributed by atoms with E-state index in [4.69, 9.17) is 5.73 Å². The normalized spacial score (nSPS) is 21.4. The summed E-state index contributed by atoms with van der Waals surface area (Å²) in [4.78, 5) is 11.2. The molecule has 90 valence electrons. The van der Waals surface area contributed by atoms with E-state index < -0.39 is 5.97 Å². The van der Waals surface area contributed by atoms with Crippen LogP contribution >= 0.6 is 0 Å². The maximum Gasteiger partial charge on any atom is 0.334 e. The first kappa shape index (κ1) is 12.6. The molecule has 0 aromatic carbocycles. The lowest BCUT2D eigenvalue weighted by atomic mass is 9.84. The summed E-state index contributed by atoms with van der Waals surface area (Å²) >= 11 is 0. The Hall–Kier alpha value is -1.45. The third-order valence-electron chi connectivity index (χ3n) is 2.87. The number of carbonyl (C=O) groups is 1. The summed E-state index contributed by atoms with van der Waals surface area (Å²) in [5, 5.41) is 12.2. The van der Waals surface area contributed by atoms with Crippen LogP contribution in [0, 0.1) is 11.8 Å². The summed E-state index contributed by atoms with van der Waals surface area (Å²) in [5.41, 5.74) is 8.60.